The van der Waals surface area contributed by atoms with Crippen LogP contribution < -0.4 is 20.1 Å². The van der Waals surface area contributed by atoms with E-state index >= 15 is 0 Å². The number of benzene rings is 3. The topological polar surface area (TPSA) is 59.6 Å². The molecular formula is C25H26N2O3. The lowest BCUT2D eigenvalue weighted by atomic mass is 9.97. The number of nitrogens with one attached hydrogen (secondary N) is 2. The molecule has 1 heterocycles. The number of amides is 1. The number of carbonyl (C=O) groups excluding carboxylic acids is 1. The summed E-state index contributed by atoms with van der Waals surface area (Å²) in [6, 6.07) is 23.0. The van der Waals surface area contributed by atoms with Crippen LogP contribution in [0.1, 0.15) is 35.2 Å². The summed E-state index contributed by atoms with van der Waals surface area (Å²) in [6.07, 6.45) is 0.793. The van der Waals surface area contributed by atoms with Crippen LogP contribution in [0, 0.1) is 6.92 Å². The minimum Gasteiger partial charge on any atom is -0.495 e. The first kappa shape index (κ1) is 20.0. The Morgan fingerprint density at radius 2 is 1.83 bits per heavy atom. The van der Waals surface area contributed by atoms with Crippen LogP contribution in [0.4, 0.5) is 5.69 Å². The molecule has 2 N–H and O–H groups in total. The van der Waals surface area contributed by atoms with Crippen molar-refractivity contribution in [2.75, 3.05) is 19.0 Å². The van der Waals surface area contributed by atoms with Crippen molar-refractivity contribution < 1.29 is 14.3 Å². The highest BCUT2D eigenvalue weighted by Gasteiger charge is 2.28. The summed E-state index contributed by atoms with van der Waals surface area (Å²) >= 11 is 0. The summed E-state index contributed by atoms with van der Waals surface area (Å²) in [5.74, 6) is 1.38. The molecule has 5 heteroatoms. The maximum absolute atomic E-state index is 13.4. The van der Waals surface area contributed by atoms with E-state index in [-0.39, 0.29) is 11.9 Å². The molecule has 3 aromatic carbocycles. The minimum absolute atomic E-state index is 0.0188. The minimum atomic E-state index is -0.521. The number of rotatable bonds is 6. The van der Waals surface area contributed by atoms with Crippen LogP contribution in [0.25, 0.3) is 0 Å². The molecule has 0 saturated heterocycles. The van der Waals surface area contributed by atoms with Gasteiger partial charge >= 0.3 is 0 Å². The Balaban J connectivity index is 1.63. The van der Waals surface area contributed by atoms with Crippen LogP contribution in [0.15, 0.2) is 72.8 Å². The van der Waals surface area contributed by atoms with Crippen LogP contribution in [0.2, 0.25) is 0 Å². The monoisotopic (exact) mass is 402 g/mol. The number of methoxy groups -OCH3 is 1. The number of anilines is 1. The molecule has 2 atom stereocenters. The van der Waals surface area contributed by atoms with Gasteiger partial charge in [0.2, 0.25) is 5.91 Å². The molecule has 154 valence electrons. The van der Waals surface area contributed by atoms with E-state index in [1.54, 1.807) is 7.11 Å². The van der Waals surface area contributed by atoms with Crippen molar-refractivity contribution in [1.29, 1.82) is 0 Å². The number of ether oxygens (including phenoxy) is 2. The van der Waals surface area contributed by atoms with Gasteiger partial charge < -0.3 is 14.8 Å². The number of hydrogen-bond donors (Lipinski definition) is 2. The van der Waals surface area contributed by atoms with E-state index in [4.69, 9.17) is 9.47 Å². The van der Waals surface area contributed by atoms with E-state index in [9.17, 15) is 4.79 Å². The molecule has 0 radical (unpaired) electrons. The average Bonchev–Trinajstić information content (AvgIpc) is 2.78. The van der Waals surface area contributed by atoms with E-state index in [2.05, 4.69) is 16.7 Å². The Labute approximate surface area is 177 Å². The SMILES string of the molecule is COc1ccc(C)cc1NC(=O)[C@@H](N[C@@H]1CCOc2ccccc21)c1ccccc1. The van der Waals surface area contributed by atoms with Crippen LogP contribution in [-0.4, -0.2) is 19.6 Å². The van der Waals surface area contributed by atoms with E-state index in [0.717, 1.165) is 28.9 Å². The highest BCUT2D eigenvalue weighted by molar-refractivity contribution is 5.97. The molecule has 0 aliphatic carbocycles. The quantitative estimate of drug-likeness (QED) is 0.622. The summed E-state index contributed by atoms with van der Waals surface area (Å²) < 4.78 is 11.2. The van der Waals surface area contributed by atoms with Gasteiger partial charge in [0.15, 0.2) is 0 Å². The maximum Gasteiger partial charge on any atom is 0.246 e. The average molecular weight is 402 g/mol. The van der Waals surface area contributed by atoms with E-state index in [0.29, 0.717) is 18.0 Å². The van der Waals surface area contributed by atoms with Crippen molar-refractivity contribution in [3.63, 3.8) is 0 Å². The van der Waals surface area contributed by atoms with Crippen LogP contribution in [0.3, 0.4) is 0 Å². The molecule has 0 spiro atoms. The Hall–Kier alpha value is -3.31. The van der Waals surface area contributed by atoms with Gasteiger partial charge in [0.25, 0.3) is 0 Å². The molecule has 1 aliphatic heterocycles. The Kier molecular flexibility index (Phi) is 6.00. The van der Waals surface area contributed by atoms with Crippen molar-refractivity contribution in [2.45, 2.75) is 25.4 Å². The van der Waals surface area contributed by atoms with Gasteiger partial charge in [-0.15, -0.1) is 0 Å². The molecule has 3 aromatic rings. The molecule has 30 heavy (non-hydrogen) atoms. The maximum atomic E-state index is 13.4. The molecule has 0 fully saturated rings. The summed E-state index contributed by atoms with van der Waals surface area (Å²) in [5, 5.41) is 6.62. The zero-order chi connectivity index (χ0) is 20.9. The number of para-hydroxylation sites is 1. The number of hydrogen-bond acceptors (Lipinski definition) is 4. The first-order chi connectivity index (χ1) is 14.7. The smallest absolute Gasteiger partial charge is 0.246 e. The second-order valence-corrected chi connectivity index (χ2v) is 7.43. The fourth-order valence-corrected chi connectivity index (χ4v) is 3.81. The fourth-order valence-electron chi connectivity index (χ4n) is 3.81. The largest absolute Gasteiger partial charge is 0.495 e. The second-order valence-electron chi connectivity index (χ2n) is 7.43. The molecule has 0 saturated carbocycles. The van der Waals surface area contributed by atoms with Crippen molar-refractivity contribution in [2.24, 2.45) is 0 Å². The zero-order valence-corrected chi connectivity index (χ0v) is 17.2. The molecule has 4 rings (SSSR count). The van der Waals surface area contributed by atoms with Crippen molar-refractivity contribution in [3.05, 3.63) is 89.5 Å². The highest BCUT2D eigenvalue weighted by atomic mass is 16.5. The van der Waals surface area contributed by atoms with Crippen molar-refractivity contribution in [1.82, 2.24) is 5.32 Å². The van der Waals surface area contributed by atoms with Crippen LogP contribution in [-0.2, 0) is 4.79 Å². The van der Waals surface area contributed by atoms with Crippen molar-refractivity contribution >= 4 is 11.6 Å². The molecule has 1 amide bonds. The lowest BCUT2D eigenvalue weighted by Crippen LogP contribution is -2.37. The second kappa shape index (κ2) is 9.01. The third-order valence-corrected chi connectivity index (χ3v) is 5.33. The molecule has 0 aromatic heterocycles. The van der Waals surface area contributed by atoms with Gasteiger partial charge in [-0.1, -0.05) is 54.6 Å². The van der Waals surface area contributed by atoms with Crippen LogP contribution >= 0.6 is 0 Å². The van der Waals surface area contributed by atoms with Crippen LogP contribution in [0.5, 0.6) is 11.5 Å². The first-order valence-corrected chi connectivity index (χ1v) is 10.1. The molecule has 0 bridgehead atoms. The zero-order valence-electron chi connectivity index (χ0n) is 17.2. The third-order valence-electron chi connectivity index (χ3n) is 5.33. The highest BCUT2D eigenvalue weighted by Crippen LogP contribution is 2.34. The molecule has 5 nitrogen and oxygen atoms in total. The van der Waals surface area contributed by atoms with Crippen molar-refractivity contribution in [3.8, 4) is 11.5 Å². The standard InChI is InChI=1S/C25H26N2O3/c1-17-12-13-23(29-2)21(16-17)27-25(28)24(18-8-4-3-5-9-18)26-20-14-15-30-22-11-7-6-10-19(20)22/h3-13,16,20,24,26H,14-15H2,1-2H3,(H,27,28)/t20-,24+/m1/s1. The van der Waals surface area contributed by atoms with Gasteiger partial charge in [0, 0.05) is 18.0 Å². The normalized spacial score (nSPS) is 16.1. The number of fused-ring (bicyclic) bond motifs is 1. The fraction of sp³-hybridized carbons (Fsp3) is 0.240. The lowest BCUT2D eigenvalue weighted by molar-refractivity contribution is -0.118. The van der Waals surface area contributed by atoms with Gasteiger partial charge in [0.05, 0.1) is 19.4 Å². The van der Waals surface area contributed by atoms with Gasteiger partial charge in [-0.25, -0.2) is 0 Å². The summed E-state index contributed by atoms with van der Waals surface area (Å²) in [7, 11) is 1.60. The predicted octanol–water partition coefficient (Wildman–Crippen LogP) is 4.80. The van der Waals surface area contributed by atoms with E-state index < -0.39 is 6.04 Å². The Bertz CT molecular complexity index is 1020. The predicted molar refractivity (Wildman–Crippen MR) is 118 cm³/mol. The van der Waals surface area contributed by atoms with Gasteiger partial charge in [-0.05, 0) is 36.2 Å². The molecular weight excluding hydrogens is 376 g/mol. The summed E-state index contributed by atoms with van der Waals surface area (Å²) in [6.45, 7) is 2.60. The molecule has 0 unspecified atom stereocenters. The van der Waals surface area contributed by atoms with E-state index in [1.165, 1.54) is 0 Å². The number of carbonyl (C=O) groups is 1. The van der Waals surface area contributed by atoms with Gasteiger partial charge in [0.1, 0.15) is 17.5 Å². The summed E-state index contributed by atoms with van der Waals surface area (Å²) in [4.78, 5) is 13.4. The molecule has 1 aliphatic rings. The lowest BCUT2D eigenvalue weighted by Gasteiger charge is -2.30. The number of aryl methyl sites for hydroxylation is 1. The summed E-state index contributed by atoms with van der Waals surface area (Å²) in [5.41, 5.74) is 3.70. The van der Waals surface area contributed by atoms with E-state index in [1.807, 2.05) is 73.7 Å². The van der Waals surface area contributed by atoms with Gasteiger partial charge in [-0.2, -0.15) is 0 Å². The third kappa shape index (κ3) is 4.31. The van der Waals surface area contributed by atoms with Gasteiger partial charge in [-0.3, -0.25) is 10.1 Å². The Morgan fingerprint density at radius 3 is 2.63 bits per heavy atom. The first-order valence-electron chi connectivity index (χ1n) is 10.1. The Morgan fingerprint density at radius 1 is 1.07 bits per heavy atom.